The molecule has 80 valence electrons. The van der Waals surface area contributed by atoms with Gasteiger partial charge in [-0.1, -0.05) is 0 Å². The van der Waals surface area contributed by atoms with E-state index >= 15 is 0 Å². The number of esters is 1. The number of anilines is 1. The lowest BCUT2D eigenvalue weighted by atomic mass is 10.1. The van der Waals surface area contributed by atoms with Crippen molar-refractivity contribution in [1.82, 2.24) is 4.98 Å². The molecule has 4 nitrogen and oxygen atoms in total. The van der Waals surface area contributed by atoms with E-state index in [0.29, 0.717) is 5.56 Å². The first-order chi connectivity index (χ1) is 7.22. The first kappa shape index (κ1) is 9.96. The molecule has 0 spiro atoms. The van der Waals surface area contributed by atoms with Crippen LogP contribution in [0.1, 0.15) is 22.3 Å². The van der Waals surface area contributed by atoms with E-state index in [4.69, 9.17) is 0 Å². The Kier molecular flexibility index (Phi) is 2.58. The van der Waals surface area contributed by atoms with Crippen molar-refractivity contribution in [2.75, 3.05) is 25.1 Å². The number of ether oxygens (including phenoxy) is 1. The molecule has 0 aromatic carbocycles. The standard InChI is InChI=1S/C11H14N2O2/c1-8-6-10(13-4-3-5-13)12-7-9(8)11(14)15-2/h6-7H,3-5H2,1-2H3. The summed E-state index contributed by atoms with van der Waals surface area (Å²) in [7, 11) is 1.38. The van der Waals surface area contributed by atoms with E-state index in [1.165, 1.54) is 13.5 Å². The van der Waals surface area contributed by atoms with Crippen molar-refractivity contribution in [3.63, 3.8) is 0 Å². The van der Waals surface area contributed by atoms with Gasteiger partial charge in [0, 0.05) is 19.3 Å². The molecular formula is C11H14N2O2. The number of aryl methyl sites for hydroxylation is 1. The molecule has 0 N–H and O–H groups in total. The van der Waals surface area contributed by atoms with Crippen molar-refractivity contribution in [3.05, 3.63) is 23.4 Å². The van der Waals surface area contributed by atoms with Crippen LogP contribution in [-0.4, -0.2) is 31.2 Å². The van der Waals surface area contributed by atoms with E-state index < -0.39 is 0 Å². The molecule has 0 aliphatic carbocycles. The van der Waals surface area contributed by atoms with Crippen LogP contribution in [0.4, 0.5) is 5.82 Å². The average molecular weight is 206 g/mol. The van der Waals surface area contributed by atoms with Gasteiger partial charge in [-0.05, 0) is 25.0 Å². The largest absolute Gasteiger partial charge is 0.465 e. The topological polar surface area (TPSA) is 42.4 Å². The summed E-state index contributed by atoms with van der Waals surface area (Å²) in [5.41, 5.74) is 1.46. The molecule has 15 heavy (non-hydrogen) atoms. The van der Waals surface area contributed by atoms with Crippen LogP contribution in [0, 0.1) is 6.92 Å². The van der Waals surface area contributed by atoms with Gasteiger partial charge in [0.05, 0.1) is 12.7 Å². The summed E-state index contributed by atoms with van der Waals surface area (Å²) in [6.07, 6.45) is 2.81. The molecule has 1 aromatic rings. The summed E-state index contributed by atoms with van der Waals surface area (Å²) in [4.78, 5) is 17.8. The molecular weight excluding hydrogens is 192 g/mol. The maximum atomic E-state index is 11.3. The van der Waals surface area contributed by atoms with E-state index in [-0.39, 0.29) is 5.97 Å². The highest BCUT2D eigenvalue weighted by Gasteiger charge is 2.17. The number of hydrogen-bond donors (Lipinski definition) is 0. The highest BCUT2D eigenvalue weighted by Crippen LogP contribution is 2.20. The summed E-state index contributed by atoms with van der Waals surface area (Å²) >= 11 is 0. The fraction of sp³-hybridized carbons (Fsp3) is 0.455. The van der Waals surface area contributed by atoms with Crippen LogP contribution in [0.25, 0.3) is 0 Å². The van der Waals surface area contributed by atoms with Crippen LogP contribution in [0.2, 0.25) is 0 Å². The van der Waals surface area contributed by atoms with Crippen LogP contribution in [0.15, 0.2) is 12.3 Å². The Morgan fingerprint density at radius 2 is 2.27 bits per heavy atom. The number of methoxy groups -OCH3 is 1. The lowest BCUT2D eigenvalue weighted by Crippen LogP contribution is -2.37. The van der Waals surface area contributed by atoms with Gasteiger partial charge < -0.3 is 9.64 Å². The number of aromatic nitrogens is 1. The maximum Gasteiger partial charge on any atom is 0.339 e. The normalized spacial score (nSPS) is 14.7. The molecule has 2 rings (SSSR count). The van der Waals surface area contributed by atoms with Crippen LogP contribution in [0.5, 0.6) is 0 Å². The smallest absolute Gasteiger partial charge is 0.339 e. The molecule has 0 bridgehead atoms. The van der Waals surface area contributed by atoms with Crippen LogP contribution in [0.3, 0.4) is 0 Å². The van der Waals surface area contributed by atoms with Crippen molar-refractivity contribution in [2.24, 2.45) is 0 Å². The molecule has 0 atom stereocenters. The van der Waals surface area contributed by atoms with Crippen LogP contribution >= 0.6 is 0 Å². The Morgan fingerprint density at radius 1 is 1.53 bits per heavy atom. The van der Waals surface area contributed by atoms with Crippen molar-refractivity contribution >= 4 is 11.8 Å². The van der Waals surface area contributed by atoms with Crippen molar-refractivity contribution in [2.45, 2.75) is 13.3 Å². The second kappa shape index (κ2) is 3.88. The molecule has 0 radical (unpaired) electrons. The predicted octanol–water partition coefficient (Wildman–Crippen LogP) is 1.39. The quantitative estimate of drug-likeness (QED) is 0.686. The van der Waals surface area contributed by atoms with Crippen LogP contribution < -0.4 is 4.90 Å². The lowest BCUT2D eigenvalue weighted by Gasteiger charge is -2.32. The third-order valence-corrected chi connectivity index (χ3v) is 2.68. The zero-order valence-corrected chi connectivity index (χ0v) is 8.99. The molecule has 1 aliphatic rings. The Bertz CT molecular complexity index is 386. The fourth-order valence-electron chi connectivity index (χ4n) is 1.58. The van der Waals surface area contributed by atoms with Gasteiger partial charge in [-0.3, -0.25) is 0 Å². The van der Waals surface area contributed by atoms with Crippen molar-refractivity contribution in [3.8, 4) is 0 Å². The van der Waals surface area contributed by atoms with Crippen LogP contribution in [-0.2, 0) is 4.74 Å². The number of carbonyl (C=O) groups is 1. The minimum atomic E-state index is -0.324. The van der Waals surface area contributed by atoms with E-state index in [1.54, 1.807) is 6.20 Å². The van der Waals surface area contributed by atoms with Gasteiger partial charge in [0.25, 0.3) is 0 Å². The molecule has 2 heterocycles. The molecule has 0 amide bonds. The second-order valence-corrected chi connectivity index (χ2v) is 3.69. The van der Waals surface area contributed by atoms with E-state index in [1.807, 2.05) is 13.0 Å². The molecule has 0 saturated carbocycles. The third-order valence-electron chi connectivity index (χ3n) is 2.68. The summed E-state index contributed by atoms with van der Waals surface area (Å²) in [5.74, 6) is 0.626. The number of carbonyl (C=O) groups excluding carboxylic acids is 1. The van der Waals surface area contributed by atoms with E-state index in [0.717, 1.165) is 24.5 Å². The Hall–Kier alpha value is -1.58. The molecule has 1 saturated heterocycles. The lowest BCUT2D eigenvalue weighted by molar-refractivity contribution is 0.0599. The minimum absolute atomic E-state index is 0.324. The first-order valence-electron chi connectivity index (χ1n) is 5.02. The fourth-order valence-corrected chi connectivity index (χ4v) is 1.58. The monoisotopic (exact) mass is 206 g/mol. The third kappa shape index (κ3) is 1.79. The summed E-state index contributed by atoms with van der Waals surface area (Å²) in [6.45, 7) is 4.02. The molecule has 0 unspecified atom stereocenters. The summed E-state index contributed by atoms with van der Waals surface area (Å²) in [6, 6.07) is 1.94. The Morgan fingerprint density at radius 3 is 2.73 bits per heavy atom. The second-order valence-electron chi connectivity index (χ2n) is 3.69. The zero-order valence-electron chi connectivity index (χ0n) is 8.99. The summed E-state index contributed by atoms with van der Waals surface area (Å²) < 4.78 is 4.67. The molecule has 1 fully saturated rings. The SMILES string of the molecule is COC(=O)c1cnc(N2CCC2)cc1C. The minimum Gasteiger partial charge on any atom is -0.465 e. The van der Waals surface area contributed by atoms with E-state index in [2.05, 4.69) is 14.6 Å². The highest BCUT2D eigenvalue weighted by molar-refractivity contribution is 5.90. The zero-order chi connectivity index (χ0) is 10.8. The predicted molar refractivity (Wildman–Crippen MR) is 57.1 cm³/mol. The number of rotatable bonds is 2. The number of nitrogens with zero attached hydrogens (tertiary/aromatic N) is 2. The number of hydrogen-bond acceptors (Lipinski definition) is 4. The van der Waals surface area contributed by atoms with Gasteiger partial charge in [-0.25, -0.2) is 9.78 Å². The molecule has 1 aliphatic heterocycles. The molecule has 1 aromatic heterocycles. The first-order valence-corrected chi connectivity index (χ1v) is 5.02. The Balaban J connectivity index is 2.25. The molecule has 4 heteroatoms. The van der Waals surface area contributed by atoms with Crippen molar-refractivity contribution in [1.29, 1.82) is 0 Å². The van der Waals surface area contributed by atoms with Gasteiger partial charge in [0.15, 0.2) is 0 Å². The average Bonchev–Trinajstić information content (AvgIpc) is 2.14. The van der Waals surface area contributed by atoms with Gasteiger partial charge >= 0.3 is 5.97 Å². The van der Waals surface area contributed by atoms with Gasteiger partial charge in [0.2, 0.25) is 0 Å². The van der Waals surface area contributed by atoms with E-state index in [9.17, 15) is 4.79 Å². The highest BCUT2D eigenvalue weighted by atomic mass is 16.5. The number of pyridine rings is 1. The van der Waals surface area contributed by atoms with Gasteiger partial charge in [0.1, 0.15) is 5.82 Å². The van der Waals surface area contributed by atoms with Crippen molar-refractivity contribution < 1.29 is 9.53 Å². The van der Waals surface area contributed by atoms with Gasteiger partial charge in [-0.2, -0.15) is 0 Å². The van der Waals surface area contributed by atoms with Gasteiger partial charge in [-0.15, -0.1) is 0 Å². The maximum absolute atomic E-state index is 11.3. The Labute approximate surface area is 88.9 Å². The summed E-state index contributed by atoms with van der Waals surface area (Å²) in [5, 5.41) is 0.